The molecule has 0 unspecified atom stereocenters. The van der Waals surface area contributed by atoms with E-state index in [1.165, 1.54) is 22.3 Å². The van der Waals surface area contributed by atoms with Crippen molar-refractivity contribution in [2.24, 2.45) is 9.98 Å². The lowest BCUT2D eigenvalue weighted by Crippen LogP contribution is -2.10. The molecule has 0 bridgehead atoms. The molecule has 0 amide bonds. The number of rotatable bonds is 4. The van der Waals surface area contributed by atoms with Crippen LogP contribution in [0.4, 0.5) is 11.4 Å². The quantitative estimate of drug-likeness (QED) is 0.456. The molecule has 3 heteroatoms. The number of aliphatic imine (C=N–C) groups is 2. The van der Waals surface area contributed by atoms with Crippen LogP contribution in [-0.2, 0) is 5.41 Å². The molecule has 0 N–H and O–H groups in total. The van der Waals surface area contributed by atoms with Crippen molar-refractivity contribution in [1.29, 1.82) is 0 Å². The van der Waals surface area contributed by atoms with Gasteiger partial charge in [-0.1, -0.05) is 56.7 Å². The van der Waals surface area contributed by atoms with Gasteiger partial charge in [0.2, 0.25) is 0 Å². The van der Waals surface area contributed by atoms with Crippen molar-refractivity contribution in [3.05, 3.63) is 88.2 Å². The molecule has 1 aromatic heterocycles. The van der Waals surface area contributed by atoms with Crippen molar-refractivity contribution in [3.8, 4) is 0 Å². The van der Waals surface area contributed by atoms with E-state index in [1.54, 1.807) is 6.21 Å². The van der Waals surface area contributed by atoms with Gasteiger partial charge in [0.15, 0.2) is 0 Å². The standard InChI is InChI=1S/C26H29N3/c1-18-14-19(2)25(20(3)15-18)28-17-24-9-7-8-23(29-24)16-27-22-12-10-21(11-13-22)26(4,5)6/h7-17H,1-6H3. The van der Waals surface area contributed by atoms with Gasteiger partial charge in [-0.2, -0.15) is 0 Å². The van der Waals surface area contributed by atoms with Gasteiger partial charge in [-0.25, -0.2) is 4.98 Å². The average molecular weight is 384 g/mol. The average Bonchev–Trinajstić information content (AvgIpc) is 2.65. The van der Waals surface area contributed by atoms with Crippen LogP contribution in [0.3, 0.4) is 0 Å². The van der Waals surface area contributed by atoms with Gasteiger partial charge in [0.1, 0.15) is 0 Å². The molecule has 0 fully saturated rings. The summed E-state index contributed by atoms with van der Waals surface area (Å²) in [6, 6.07) is 18.6. The van der Waals surface area contributed by atoms with Gasteiger partial charge >= 0.3 is 0 Å². The molecule has 3 aromatic rings. The van der Waals surface area contributed by atoms with Crippen molar-refractivity contribution in [2.75, 3.05) is 0 Å². The molecule has 29 heavy (non-hydrogen) atoms. The van der Waals surface area contributed by atoms with Crippen LogP contribution in [0.5, 0.6) is 0 Å². The van der Waals surface area contributed by atoms with Crippen LogP contribution in [0.15, 0.2) is 64.6 Å². The fraction of sp³-hybridized carbons (Fsp3) is 0.269. The predicted molar refractivity (Wildman–Crippen MR) is 125 cm³/mol. The van der Waals surface area contributed by atoms with E-state index in [2.05, 4.69) is 80.8 Å². The van der Waals surface area contributed by atoms with E-state index in [0.717, 1.165) is 22.8 Å². The zero-order valence-corrected chi connectivity index (χ0v) is 18.2. The van der Waals surface area contributed by atoms with Crippen LogP contribution in [-0.4, -0.2) is 17.4 Å². The molecule has 148 valence electrons. The molecule has 0 saturated carbocycles. The van der Waals surface area contributed by atoms with E-state index < -0.39 is 0 Å². The first-order chi connectivity index (χ1) is 13.7. The van der Waals surface area contributed by atoms with Crippen LogP contribution in [0.25, 0.3) is 0 Å². The third kappa shape index (κ3) is 5.47. The van der Waals surface area contributed by atoms with E-state index in [-0.39, 0.29) is 5.41 Å². The Labute approximate surface area is 174 Å². The van der Waals surface area contributed by atoms with Crippen LogP contribution < -0.4 is 0 Å². The summed E-state index contributed by atoms with van der Waals surface area (Å²) in [6.45, 7) is 12.9. The van der Waals surface area contributed by atoms with Crippen molar-refractivity contribution in [2.45, 2.75) is 47.0 Å². The highest BCUT2D eigenvalue weighted by Gasteiger charge is 2.12. The number of benzene rings is 2. The lowest BCUT2D eigenvalue weighted by molar-refractivity contribution is 0.590. The second-order valence-electron chi connectivity index (χ2n) is 8.55. The van der Waals surface area contributed by atoms with E-state index in [9.17, 15) is 0 Å². The fourth-order valence-corrected chi connectivity index (χ4v) is 3.31. The van der Waals surface area contributed by atoms with Crippen LogP contribution >= 0.6 is 0 Å². The Kier molecular flexibility index (Phi) is 6.07. The van der Waals surface area contributed by atoms with Gasteiger partial charge in [-0.3, -0.25) is 9.98 Å². The predicted octanol–water partition coefficient (Wildman–Crippen LogP) is 6.81. The van der Waals surface area contributed by atoms with Crippen molar-refractivity contribution in [1.82, 2.24) is 4.98 Å². The minimum Gasteiger partial charge on any atom is -0.255 e. The van der Waals surface area contributed by atoms with E-state index in [1.807, 2.05) is 36.5 Å². The van der Waals surface area contributed by atoms with E-state index in [0.29, 0.717) is 0 Å². The third-order valence-corrected chi connectivity index (χ3v) is 4.83. The van der Waals surface area contributed by atoms with Gasteiger partial charge in [-0.15, -0.1) is 0 Å². The summed E-state index contributed by atoms with van der Waals surface area (Å²) in [5.74, 6) is 0. The molecule has 3 rings (SSSR count). The molecule has 0 radical (unpaired) electrons. The first-order valence-electron chi connectivity index (χ1n) is 9.96. The number of aromatic nitrogens is 1. The van der Waals surface area contributed by atoms with Gasteiger partial charge in [0.05, 0.1) is 35.2 Å². The highest BCUT2D eigenvalue weighted by molar-refractivity contribution is 5.84. The second-order valence-corrected chi connectivity index (χ2v) is 8.55. The molecule has 2 aromatic carbocycles. The zero-order chi connectivity index (χ0) is 21.0. The summed E-state index contributed by atoms with van der Waals surface area (Å²) < 4.78 is 0. The van der Waals surface area contributed by atoms with Gasteiger partial charge in [0.25, 0.3) is 0 Å². The third-order valence-electron chi connectivity index (χ3n) is 4.83. The molecule has 0 aliphatic heterocycles. The monoisotopic (exact) mass is 383 g/mol. The molecule has 0 saturated heterocycles. The van der Waals surface area contributed by atoms with Crippen LogP contribution in [0.1, 0.15) is 54.4 Å². The highest BCUT2D eigenvalue weighted by atomic mass is 14.8. The maximum atomic E-state index is 4.68. The highest BCUT2D eigenvalue weighted by Crippen LogP contribution is 2.25. The largest absolute Gasteiger partial charge is 0.255 e. The second kappa shape index (κ2) is 8.52. The van der Waals surface area contributed by atoms with Gasteiger partial charge < -0.3 is 0 Å². The van der Waals surface area contributed by atoms with Crippen LogP contribution in [0.2, 0.25) is 0 Å². The fourth-order valence-electron chi connectivity index (χ4n) is 3.31. The molecule has 0 spiro atoms. The maximum absolute atomic E-state index is 4.68. The minimum atomic E-state index is 0.144. The molecule has 3 nitrogen and oxygen atoms in total. The first kappa shape index (κ1) is 20.7. The molecule has 0 atom stereocenters. The number of hydrogen-bond donors (Lipinski definition) is 0. The van der Waals surface area contributed by atoms with E-state index >= 15 is 0 Å². The smallest absolute Gasteiger partial charge is 0.0820 e. The summed E-state index contributed by atoms with van der Waals surface area (Å²) in [5.41, 5.74) is 8.61. The molecular formula is C26H29N3. The van der Waals surface area contributed by atoms with Crippen molar-refractivity contribution >= 4 is 23.8 Å². The lowest BCUT2D eigenvalue weighted by Gasteiger charge is -2.18. The minimum absolute atomic E-state index is 0.144. The SMILES string of the molecule is Cc1cc(C)c(N=Cc2cccc(C=Nc3ccc(C(C)(C)C)cc3)n2)c(C)c1. The number of hydrogen-bond acceptors (Lipinski definition) is 3. The Balaban J connectivity index is 1.77. The zero-order valence-electron chi connectivity index (χ0n) is 18.2. The van der Waals surface area contributed by atoms with Crippen molar-refractivity contribution < 1.29 is 0 Å². The first-order valence-corrected chi connectivity index (χ1v) is 9.96. The topological polar surface area (TPSA) is 37.6 Å². The van der Waals surface area contributed by atoms with Gasteiger partial charge in [0, 0.05) is 0 Å². The lowest BCUT2D eigenvalue weighted by atomic mass is 9.87. The number of aryl methyl sites for hydroxylation is 3. The summed E-state index contributed by atoms with van der Waals surface area (Å²) in [5, 5.41) is 0. The summed E-state index contributed by atoms with van der Waals surface area (Å²) >= 11 is 0. The normalized spacial score (nSPS) is 12.2. The Bertz CT molecular complexity index is 1030. The van der Waals surface area contributed by atoms with Gasteiger partial charge in [-0.05, 0) is 67.1 Å². The Morgan fingerprint density at radius 2 is 1.31 bits per heavy atom. The Morgan fingerprint density at radius 1 is 0.759 bits per heavy atom. The summed E-state index contributed by atoms with van der Waals surface area (Å²) in [6.07, 6.45) is 3.62. The maximum Gasteiger partial charge on any atom is 0.0820 e. The van der Waals surface area contributed by atoms with Crippen LogP contribution in [0, 0.1) is 20.8 Å². The van der Waals surface area contributed by atoms with Crippen molar-refractivity contribution in [3.63, 3.8) is 0 Å². The molecule has 1 heterocycles. The molecule has 0 aliphatic rings. The summed E-state index contributed by atoms with van der Waals surface area (Å²) in [7, 11) is 0. The van der Waals surface area contributed by atoms with E-state index in [4.69, 9.17) is 0 Å². The molecule has 0 aliphatic carbocycles. The molecular weight excluding hydrogens is 354 g/mol. The number of pyridine rings is 1. The Hall–Kier alpha value is -3.07. The number of nitrogens with zero attached hydrogens (tertiary/aromatic N) is 3. The summed E-state index contributed by atoms with van der Waals surface area (Å²) in [4.78, 5) is 13.9. The Morgan fingerprint density at radius 3 is 1.86 bits per heavy atom.